The fourth-order valence-corrected chi connectivity index (χ4v) is 5.85. The lowest BCUT2D eigenvalue weighted by Gasteiger charge is -2.42. The van der Waals surface area contributed by atoms with E-state index in [1.54, 1.807) is 11.0 Å². The molecule has 0 radical (unpaired) electrons. The van der Waals surface area contributed by atoms with Crippen LogP contribution in [0.15, 0.2) is 36.8 Å². The number of imidazole rings is 1. The molecule has 0 aliphatic carbocycles. The Bertz CT molecular complexity index is 1410. The van der Waals surface area contributed by atoms with E-state index in [1.807, 2.05) is 32.0 Å². The van der Waals surface area contributed by atoms with Crippen LogP contribution in [0.25, 0.3) is 0 Å². The Morgan fingerprint density at radius 3 is 2.38 bits per heavy atom. The lowest BCUT2D eigenvalue weighted by atomic mass is 9.73. The van der Waals surface area contributed by atoms with Crippen molar-refractivity contribution >= 4 is 41.9 Å². The molecule has 15 heteroatoms. The molecule has 1 saturated heterocycles. The third-order valence-corrected chi connectivity index (χ3v) is 8.94. The summed E-state index contributed by atoms with van der Waals surface area (Å²) in [5.41, 5.74) is 0.907. The number of hydrogen-bond acceptors (Lipinski definition) is 8. The summed E-state index contributed by atoms with van der Waals surface area (Å²) in [4.78, 5) is 75.7. The number of rotatable bonds is 3. The number of piperidine rings is 1. The Kier molecular flexibility index (Phi) is 12.8. The van der Waals surface area contributed by atoms with E-state index >= 15 is 0 Å². The molecule has 1 spiro atoms. The van der Waals surface area contributed by atoms with E-state index in [0.717, 1.165) is 10.5 Å². The van der Waals surface area contributed by atoms with Crippen molar-refractivity contribution in [1.29, 1.82) is 0 Å². The van der Waals surface area contributed by atoms with Crippen molar-refractivity contribution in [2.75, 3.05) is 33.3 Å². The number of nitrogens with one attached hydrogen (secondary N) is 4. The smallest absolute Gasteiger partial charge is 0.271 e. The molecule has 14 nitrogen and oxygen atoms in total. The van der Waals surface area contributed by atoms with Gasteiger partial charge in [0.15, 0.2) is 6.61 Å². The molecule has 2 aliphatic rings. The Balaban J connectivity index is 0.00000600. The topological polar surface area (TPSA) is 186 Å². The summed E-state index contributed by atoms with van der Waals surface area (Å²) in [5, 5.41) is 18.7. The van der Waals surface area contributed by atoms with Crippen molar-refractivity contribution < 1.29 is 33.8 Å². The highest BCUT2D eigenvalue weighted by atomic mass is 35.5. The molecule has 3 heterocycles. The first kappa shape index (κ1) is 37.3. The van der Waals surface area contributed by atoms with Crippen LogP contribution in [-0.4, -0.2) is 112 Å². The summed E-state index contributed by atoms with van der Waals surface area (Å²) in [6, 6.07) is 4.09. The molecule has 1 aromatic heterocycles. The van der Waals surface area contributed by atoms with E-state index in [-0.39, 0.29) is 30.1 Å². The van der Waals surface area contributed by atoms with Crippen LogP contribution in [0.4, 0.5) is 0 Å². The summed E-state index contributed by atoms with van der Waals surface area (Å²) in [6.07, 6.45) is 3.47. The van der Waals surface area contributed by atoms with Crippen molar-refractivity contribution in [2.45, 2.75) is 71.2 Å². The van der Waals surface area contributed by atoms with Crippen LogP contribution in [0.3, 0.4) is 0 Å². The van der Waals surface area contributed by atoms with Gasteiger partial charge in [0.05, 0.1) is 18.6 Å². The van der Waals surface area contributed by atoms with Crippen LogP contribution in [0, 0.1) is 11.3 Å². The van der Waals surface area contributed by atoms with Crippen LogP contribution in [0.5, 0.6) is 5.75 Å². The van der Waals surface area contributed by atoms with Gasteiger partial charge in [-0.05, 0) is 62.1 Å². The number of fused-ring (bicyclic) bond motifs is 2. The first-order chi connectivity index (χ1) is 21.8. The second kappa shape index (κ2) is 16.1. The molecule has 2 aliphatic heterocycles. The molecule has 1 aromatic carbocycles. The van der Waals surface area contributed by atoms with Gasteiger partial charge in [-0.3, -0.25) is 24.0 Å². The van der Waals surface area contributed by atoms with Gasteiger partial charge in [-0.15, -0.1) is 12.4 Å². The molecule has 2 bridgehead atoms. The maximum atomic E-state index is 13.6. The fraction of sp³-hybridized carbons (Fsp3) is 0.562. The third kappa shape index (κ3) is 9.22. The number of aliphatic hydroxyl groups excluding tert-OH is 1. The molecule has 4 atom stereocenters. The first-order valence-corrected chi connectivity index (χ1v) is 15.6. The molecule has 0 unspecified atom stereocenters. The number of halogens is 1. The van der Waals surface area contributed by atoms with Gasteiger partial charge in [0, 0.05) is 26.7 Å². The fourth-order valence-electron chi connectivity index (χ4n) is 5.85. The van der Waals surface area contributed by atoms with Crippen LogP contribution >= 0.6 is 12.4 Å². The van der Waals surface area contributed by atoms with E-state index in [4.69, 9.17) is 4.74 Å². The van der Waals surface area contributed by atoms with Gasteiger partial charge in [-0.25, -0.2) is 4.98 Å². The maximum Gasteiger partial charge on any atom is 0.271 e. The van der Waals surface area contributed by atoms with Gasteiger partial charge in [-0.1, -0.05) is 26.0 Å². The monoisotopic (exact) mass is 675 g/mol. The predicted molar refractivity (Wildman–Crippen MR) is 175 cm³/mol. The van der Waals surface area contributed by atoms with Gasteiger partial charge in [0.1, 0.15) is 29.6 Å². The Morgan fingerprint density at radius 2 is 1.77 bits per heavy atom. The molecule has 2 aromatic rings. The minimum atomic E-state index is -1.32. The lowest BCUT2D eigenvalue weighted by molar-refractivity contribution is -0.144. The van der Waals surface area contributed by atoms with Crippen molar-refractivity contribution in [3.8, 4) is 5.75 Å². The quantitative estimate of drug-likeness (QED) is 0.314. The zero-order valence-electron chi connectivity index (χ0n) is 27.4. The number of likely N-dealkylation sites (N-methyl/N-ethyl adjacent to an activating group) is 1. The summed E-state index contributed by atoms with van der Waals surface area (Å²) in [7, 11) is 1.40. The zero-order valence-corrected chi connectivity index (χ0v) is 28.3. The van der Waals surface area contributed by atoms with Crippen LogP contribution in [0.2, 0.25) is 0 Å². The molecule has 258 valence electrons. The second-order valence-corrected chi connectivity index (χ2v) is 12.7. The normalized spacial score (nSPS) is 23.7. The highest BCUT2D eigenvalue weighted by molar-refractivity contribution is 5.94. The van der Waals surface area contributed by atoms with Crippen LogP contribution in [-0.2, 0) is 25.6 Å². The summed E-state index contributed by atoms with van der Waals surface area (Å²) in [6.45, 7) is 7.35. The number of H-pyrrole nitrogens is 1. The number of aromatic nitrogens is 2. The molecule has 47 heavy (non-hydrogen) atoms. The lowest BCUT2D eigenvalue weighted by Crippen LogP contribution is -2.59. The number of benzene rings is 1. The number of aliphatic hydroxyl groups is 1. The molecule has 5 N–H and O–H groups in total. The van der Waals surface area contributed by atoms with Crippen molar-refractivity contribution in [3.05, 3.63) is 48.0 Å². The van der Waals surface area contributed by atoms with E-state index < -0.39 is 54.0 Å². The Hall–Kier alpha value is -4.17. The largest absolute Gasteiger partial charge is 0.484 e. The second-order valence-electron chi connectivity index (χ2n) is 12.7. The average Bonchev–Trinajstić information content (AvgIpc) is 3.58. The molecular weight excluding hydrogens is 630 g/mol. The number of carbonyl (C=O) groups is 5. The highest BCUT2D eigenvalue weighted by Gasteiger charge is 2.39. The molecule has 0 saturated carbocycles. The number of carbonyl (C=O) groups excluding carboxylic acids is 5. The number of nitrogens with zero attached hydrogens (tertiary/aromatic N) is 3. The van der Waals surface area contributed by atoms with Crippen LogP contribution in [0.1, 0.15) is 56.6 Å². The first-order valence-electron chi connectivity index (χ1n) is 15.6. The Labute approximate surface area is 280 Å². The summed E-state index contributed by atoms with van der Waals surface area (Å²) >= 11 is 0. The number of aromatic amines is 1. The molecule has 4 rings (SSSR count). The van der Waals surface area contributed by atoms with Crippen molar-refractivity contribution in [1.82, 2.24) is 35.7 Å². The van der Waals surface area contributed by atoms with Gasteiger partial charge in [0.25, 0.3) is 11.8 Å². The molecular formula is C32H46ClN7O7. The minimum Gasteiger partial charge on any atom is -0.484 e. The average molecular weight is 676 g/mol. The number of ether oxygens (including phenoxy) is 1. The Morgan fingerprint density at radius 1 is 1.06 bits per heavy atom. The van der Waals surface area contributed by atoms with Crippen molar-refractivity contribution in [2.24, 2.45) is 11.3 Å². The van der Waals surface area contributed by atoms with E-state index in [2.05, 4.69) is 25.9 Å². The molecule has 1 fully saturated rings. The predicted octanol–water partition coefficient (Wildman–Crippen LogP) is 0.659. The van der Waals surface area contributed by atoms with E-state index in [0.29, 0.717) is 50.3 Å². The molecule has 5 amide bonds. The van der Waals surface area contributed by atoms with Gasteiger partial charge < -0.3 is 40.6 Å². The van der Waals surface area contributed by atoms with Gasteiger partial charge >= 0.3 is 0 Å². The van der Waals surface area contributed by atoms with E-state index in [9.17, 15) is 29.1 Å². The highest BCUT2D eigenvalue weighted by Crippen LogP contribution is 2.36. The summed E-state index contributed by atoms with van der Waals surface area (Å²) in [5.74, 6) is -2.17. The maximum absolute atomic E-state index is 13.6. The zero-order chi connectivity index (χ0) is 33.6. The minimum absolute atomic E-state index is 0. The number of hydrogen-bond donors (Lipinski definition) is 5. The SMILES string of the molecule is CC(C)[C@H]1NC(=O)[C@H](C)N(C)C(=O)[C@H]([C@@H](C)O)NC(=O)COc2cccc(c2)CC2(CCN(C(=O)c3cnc[nH]3)CC2)CNC1=O.Cl. The van der Waals surface area contributed by atoms with Gasteiger partial charge in [0.2, 0.25) is 17.7 Å². The van der Waals surface area contributed by atoms with E-state index in [1.165, 1.54) is 33.4 Å². The van der Waals surface area contributed by atoms with Gasteiger partial charge in [-0.2, -0.15) is 0 Å². The summed E-state index contributed by atoms with van der Waals surface area (Å²) < 4.78 is 5.76. The standard InChI is InChI=1S/C32H45N7O7.ClH/c1-19(2)26-29(43)34-17-32(9-11-39(12-10-32)30(44)24-15-33-18-35-24)14-22-7-6-8-23(13-22)46-16-25(41)36-27(21(4)40)31(45)38(5)20(3)28(42)37-26;/h6-8,13,15,18-21,26-27,40H,9-12,14,16-17H2,1-5H3,(H,33,35)(H,34,43)(H,36,41)(H,37,42);1H/t20-,21+,26+,27-;/m0./s1. The van der Waals surface area contributed by atoms with Crippen LogP contribution < -0.4 is 20.7 Å². The third-order valence-electron chi connectivity index (χ3n) is 8.94. The number of likely N-dealkylation sites (tertiary alicyclic amines) is 1. The number of amides is 5. The van der Waals surface area contributed by atoms with Crippen molar-refractivity contribution in [3.63, 3.8) is 0 Å².